The lowest BCUT2D eigenvalue weighted by Crippen LogP contribution is -2.04. The summed E-state index contributed by atoms with van der Waals surface area (Å²) in [6.07, 6.45) is 0. The summed E-state index contributed by atoms with van der Waals surface area (Å²) in [5.74, 6) is 0.0877. The Kier molecular flexibility index (Phi) is 1.44. The van der Waals surface area contributed by atoms with E-state index in [0.717, 1.165) is 9.06 Å². The van der Waals surface area contributed by atoms with Gasteiger partial charge < -0.3 is 9.47 Å². The molecule has 0 radical (unpaired) electrons. The van der Waals surface area contributed by atoms with E-state index in [1.807, 2.05) is 0 Å². The van der Waals surface area contributed by atoms with Gasteiger partial charge in [-0.1, -0.05) is 0 Å². The molecule has 0 saturated heterocycles. The van der Waals surface area contributed by atoms with Crippen LogP contribution in [0.5, 0.6) is 11.5 Å². The largest absolute Gasteiger partial charge is 0.418 e. The van der Waals surface area contributed by atoms with Gasteiger partial charge in [-0.3, -0.25) is 0 Å². The molecular formula is C10H6O4S. The SMILES string of the molecule is CC1=c2sc3c(c2OC1=O)OC(=O)C=3C. The van der Waals surface area contributed by atoms with Crippen LogP contribution >= 0.6 is 11.3 Å². The minimum Gasteiger partial charge on any atom is -0.418 e. The monoisotopic (exact) mass is 222 g/mol. The Morgan fingerprint density at radius 2 is 1.27 bits per heavy atom. The van der Waals surface area contributed by atoms with Crippen LogP contribution in [0.3, 0.4) is 0 Å². The maximum atomic E-state index is 11.3. The molecule has 0 bridgehead atoms. The molecule has 2 aliphatic rings. The molecular weight excluding hydrogens is 216 g/mol. The van der Waals surface area contributed by atoms with E-state index in [1.165, 1.54) is 11.3 Å². The second-order valence-corrected chi connectivity index (χ2v) is 4.47. The summed E-state index contributed by atoms with van der Waals surface area (Å²) in [6, 6.07) is 0. The van der Waals surface area contributed by atoms with Gasteiger partial charge in [0.2, 0.25) is 0 Å². The van der Waals surface area contributed by atoms with Crippen LogP contribution in [0.2, 0.25) is 0 Å². The van der Waals surface area contributed by atoms with Crippen LogP contribution in [0.15, 0.2) is 0 Å². The van der Waals surface area contributed by atoms with Gasteiger partial charge in [-0.05, 0) is 13.8 Å². The molecule has 76 valence electrons. The molecule has 3 rings (SSSR count). The number of hydrogen-bond acceptors (Lipinski definition) is 5. The first kappa shape index (κ1) is 8.67. The molecule has 0 aliphatic carbocycles. The number of ether oxygens (including phenoxy) is 2. The zero-order chi connectivity index (χ0) is 10.7. The van der Waals surface area contributed by atoms with Gasteiger partial charge in [0.15, 0.2) is 11.5 Å². The third-order valence-corrected chi connectivity index (χ3v) is 3.90. The Morgan fingerprint density at radius 3 is 1.67 bits per heavy atom. The second-order valence-electron chi connectivity index (χ2n) is 3.45. The zero-order valence-corrected chi connectivity index (χ0v) is 8.86. The van der Waals surface area contributed by atoms with Gasteiger partial charge in [0, 0.05) is 0 Å². The minimum atomic E-state index is -0.361. The van der Waals surface area contributed by atoms with Crippen LogP contribution in [-0.4, -0.2) is 11.9 Å². The molecule has 0 amide bonds. The van der Waals surface area contributed by atoms with Crippen molar-refractivity contribution in [3.05, 3.63) is 9.06 Å². The lowest BCUT2D eigenvalue weighted by atomic mass is 10.3. The summed E-state index contributed by atoms with van der Waals surface area (Å²) in [5, 5.41) is 0. The quantitative estimate of drug-likeness (QED) is 0.576. The highest BCUT2D eigenvalue weighted by Gasteiger charge is 2.32. The smallest absolute Gasteiger partial charge is 0.340 e. The van der Waals surface area contributed by atoms with E-state index in [9.17, 15) is 9.59 Å². The molecule has 2 aliphatic heterocycles. The van der Waals surface area contributed by atoms with E-state index in [-0.39, 0.29) is 11.9 Å². The first-order chi connectivity index (χ1) is 7.09. The summed E-state index contributed by atoms with van der Waals surface area (Å²) in [6.45, 7) is 3.41. The fourth-order valence-electron chi connectivity index (χ4n) is 1.60. The Bertz CT molecular complexity index is 581. The number of esters is 2. The van der Waals surface area contributed by atoms with E-state index in [2.05, 4.69) is 0 Å². The summed E-state index contributed by atoms with van der Waals surface area (Å²) >= 11 is 1.37. The highest BCUT2D eigenvalue weighted by Crippen LogP contribution is 2.31. The van der Waals surface area contributed by atoms with E-state index >= 15 is 0 Å². The van der Waals surface area contributed by atoms with Crippen LogP contribution in [0, 0.1) is 0 Å². The molecule has 0 fully saturated rings. The fourth-order valence-corrected chi connectivity index (χ4v) is 2.74. The standard InChI is InChI=1S/C10H6O4S/c1-3-7-5(13-9(3)11)6-8(15-7)4(2)10(12)14-6/h1-2H3. The van der Waals surface area contributed by atoms with Crippen molar-refractivity contribution >= 4 is 34.4 Å². The number of hydrogen-bond donors (Lipinski definition) is 0. The van der Waals surface area contributed by atoms with Crippen molar-refractivity contribution < 1.29 is 19.1 Å². The third kappa shape index (κ3) is 0.906. The van der Waals surface area contributed by atoms with Crippen molar-refractivity contribution in [2.45, 2.75) is 13.8 Å². The number of thiophene rings is 1. The molecule has 1 aromatic rings. The van der Waals surface area contributed by atoms with Gasteiger partial charge in [0.05, 0.1) is 20.2 Å². The Balaban J connectivity index is 2.46. The Labute approximate surface area is 88.4 Å². The van der Waals surface area contributed by atoms with Crippen molar-refractivity contribution in [2.75, 3.05) is 0 Å². The lowest BCUT2D eigenvalue weighted by Gasteiger charge is -1.97. The molecule has 0 spiro atoms. The summed E-state index contributed by atoms with van der Waals surface area (Å²) < 4.78 is 11.6. The number of carbonyl (C=O) groups is 2. The van der Waals surface area contributed by atoms with Crippen LogP contribution in [0.25, 0.3) is 11.1 Å². The van der Waals surface area contributed by atoms with Gasteiger partial charge in [0.25, 0.3) is 0 Å². The Hall–Kier alpha value is -1.62. The highest BCUT2D eigenvalue weighted by atomic mass is 32.1. The van der Waals surface area contributed by atoms with Crippen LogP contribution < -0.4 is 18.5 Å². The summed E-state index contributed by atoms with van der Waals surface area (Å²) in [4.78, 5) is 22.5. The van der Waals surface area contributed by atoms with E-state index in [4.69, 9.17) is 9.47 Å². The van der Waals surface area contributed by atoms with Crippen molar-refractivity contribution in [1.29, 1.82) is 0 Å². The molecule has 0 saturated carbocycles. The van der Waals surface area contributed by atoms with Crippen LogP contribution in [-0.2, 0) is 9.59 Å². The number of fused-ring (bicyclic) bond motifs is 3. The van der Waals surface area contributed by atoms with Gasteiger partial charge in [-0.2, -0.15) is 0 Å². The van der Waals surface area contributed by atoms with Crippen molar-refractivity contribution in [2.24, 2.45) is 0 Å². The average molecular weight is 222 g/mol. The van der Waals surface area contributed by atoms with Crippen LogP contribution in [0.1, 0.15) is 13.8 Å². The van der Waals surface area contributed by atoms with Crippen molar-refractivity contribution in [3.8, 4) is 11.5 Å². The topological polar surface area (TPSA) is 52.6 Å². The van der Waals surface area contributed by atoms with Crippen molar-refractivity contribution in [3.63, 3.8) is 0 Å². The van der Waals surface area contributed by atoms with E-state index in [1.54, 1.807) is 13.8 Å². The fraction of sp³-hybridized carbons (Fsp3) is 0.200. The molecule has 5 heteroatoms. The Morgan fingerprint density at radius 1 is 0.867 bits per heavy atom. The molecule has 0 aromatic carbocycles. The predicted octanol–water partition coefficient (Wildman–Crippen LogP) is -0.0727. The highest BCUT2D eigenvalue weighted by molar-refractivity contribution is 7.09. The lowest BCUT2D eigenvalue weighted by molar-refractivity contribution is -0.129. The third-order valence-electron chi connectivity index (χ3n) is 2.51. The molecule has 0 unspecified atom stereocenters. The van der Waals surface area contributed by atoms with Gasteiger partial charge in [-0.15, -0.1) is 11.3 Å². The predicted molar refractivity (Wildman–Crippen MR) is 53.0 cm³/mol. The maximum absolute atomic E-state index is 11.3. The molecule has 3 heterocycles. The van der Waals surface area contributed by atoms with E-state index < -0.39 is 0 Å². The normalized spacial score (nSPS) is 17.7. The molecule has 15 heavy (non-hydrogen) atoms. The summed E-state index contributed by atoms with van der Waals surface area (Å²) in [5.41, 5.74) is 1.15. The molecule has 4 nitrogen and oxygen atoms in total. The molecule has 0 atom stereocenters. The average Bonchev–Trinajstić information content (AvgIpc) is 2.75. The summed E-state index contributed by atoms with van der Waals surface area (Å²) in [7, 11) is 0. The number of carbonyl (C=O) groups excluding carboxylic acids is 2. The number of rotatable bonds is 0. The molecule has 1 aromatic heterocycles. The molecule has 0 N–H and O–H groups in total. The zero-order valence-electron chi connectivity index (χ0n) is 8.04. The van der Waals surface area contributed by atoms with Crippen molar-refractivity contribution in [1.82, 2.24) is 0 Å². The maximum Gasteiger partial charge on any atom is 0.340 e. The van der Waals surface area contributed by atoms with E-state index in [0.29, 0.717) is 22.6 Å². The first-order valence-corrected chi connectivity index (χ1v) is 5.20. The van der Waals surface area contributed by atoms with Gasteiger partial charge in [0.1, 0.15) is 0 Å². The minimum absolute atomic E-state index is 0.361. The second kappa shape index (κ2) is 2.49. The van der Waals surface area contributed by atoms with Gasteiger partial charge >= 0.3 is 11.9 Å². The van der Waals surface area contributed by atoms with Gasteiger partial charge in [-0.25, -0.2) is 9.59 Å². The van der Waals surface area contributed by atoms with Crippen LogP contribution in [0.4, 0.5) is 0 Å². The first-order valence-electron chi connectivity index (χ1n) is 4.38.